The maximum Gasteiger partial charge on any atom is 0.303 e. The van der Waals surface area contributed by atoms with Crippen LogP contribution >= 0.6 is 0 Å². The number of esters is 4. The SMILES string of the molecule is CC(=O)OC[C@H]1O[C@@H](n2cc(COC3CCCCC3)nn2)[C@H](OC(C)=O)[C@@H](OC(C)=O)[C@@H]1OC(C)=O. The van der Waals surface area contributed by atoms with Crippen LogP contribution in [-0.4, -0.2) is 76.0 Å². The van der Waals surface area contributed by atoms with Crippen LogP contribution in [0.4, 0.5) is 0 Å². The van der Waals surface area contributed by atoms with E-state index < -0.39 is 54.5 Å². The predicted octanol–water partition coefficient (Wildman–Crippen LogP) is 1.38. The average molecular weight is 512 g/mol. The van der Waals surface area contributed by atoms with Gasteiger partial charge in [0.05, 0.1) is 18.9 Å². The van der Waals surface area contributed by atoms with E-state index in [9.17, 15) is 19.2 Å². The zero-order chi connectivity index (χ0) is 26.2. The third-order valence-electron chi connectivity index (χ3n) is 5.80. The molecule has 1 saturated carbocycles. The van der Waals surface area contributed by atoms with E-state index in [1.54, 1.807) is 6.20 Å². The molecule has 0 radical (unpaired) electrons. The van der Waals surface area contributed by atoms with Crippen molar-refractivity contribution in [3.63, 3.8) is 0 Å². The summed E-state index contributed by atoms with van der Waals surface area (Å²) in [7, 11) is 0. The molecular weight excluding hydrogens is 478 g/mol. The summed E-state index contributed by atoms with van der Waals surface area (Å²) in [5.41, 5.74) is 0.522. The van der Waals surface area contributed by atoms with Crippen LogP contribution in [0.15, 0.2) is 6.20 Å². The summed E-state index contributed by atoms with van der Waals surface area (Å²) in [5, 5.41) is 8.24. The number of ether oxygens (including phenoxy) is 6. The van der Waals surface area contributed by atoms with Crippen molar-refractivity contribution in [3.05, 3.63) is 11.9 Å². The number of hydrogen-bond donors (Lipinski definition) is 0. The molecule has 1 aliphatic carbocycles. The monoisotopic (exact) mass is 511 g/mol. The van der Waals surface area contributed by atoms with Crippen LogP contribution in [0.5, 0.6) is 0 Å². The minimum atomic E-state index is -1.28. The van der Waals surface area contributed by atoms with Gasteiger partial charge in [-0.15, -0.1) is 5.10 Å². The Hall–Kier alpha value is -3.06. The van der Waals surface area contributed by atoms with E-state index in [1.807, 2.05) is 0 Å². The lowest BCUT2D eigenvalue weighted by Gasteiger charge is -2.44. The predicted molar refractivity (Wildman–Crippen MR) is 119 cm³/mol. The quantitative estimate of drug-likeness (QED) is 0.347. The van der Waals surface area contributed by atoms with Crippen molar-refractivity contribution < 1.29 is 47.6 Å². The number of carbonyl (C=O) groups excluding carboxylic acids is 4. The van der Waals surface area contributed by atoms with Gasteiger partial charge in [0.1, 0.15) is 18.4 Å². The number of aromatic nitrogens is 3. The summed E-state index contributed by atoms with van der Waals surface area (Å²) in [4.78, 5) is 47.2. The van der Waals surface area contributed by atoms with Crippen molar-refractivity contribution in [2.24, 2.45) is 0 Å². The van der Waals surface area contributed by atoms with Gasteiger partial charge in [0.25, 0.3) is 0 Å². The van der Waals surface area contributed by atoms with Gasteiger partial charge in [-0.05, 0) is 12.8 Å². The van der Waals surface area contributed by atoms with E-state index in [4.69, 9.17) is 28.4 Å². The molecule has 1 aromatic rings. The minimum Gasteiger partial charge on any atom is -0.463 e. The highest BCUT2D eigenvalue weighted by Gasteiger charge is 2.53. The molecule has 13 nitrogen and oxygen atoms in total. The topological polar surface area (TPSA) is 154 Å². The van der Waals surface area contributed by atoms with E-state index >= 15 is 0 Å². The number of carbonyl (C=O) groups is 4. The second kappa shape index (κ2) is 12.8. The molecule has 1 aromatic heterocycles. The molecule has 5 atom stereocenters. The average Bonchev–Trinajstić information content (AvgIpc) is 3.27. The van der Waals surface area contributed by atoms with E-state index in [0.717, 1.165) is 39.5 Å². The van der Waals surface area contributed by atoms with Crippen molar-refractivity contribution >= 4 is 23.9 Å². The number of rotatable bonds is 9. The molecule has 3 rings (SSSR count). The van der Waals surface area contributed by atoms with Gasteiger partial charge in [0.15, 0.2) is 24.5 Å². The highest BCUT2D eigenvalue weighted by molar-refractivity contribution is 5.68. The molecule has 0 aromatic carbocycles. The van der Waals surface area contributed by atoms with Gasteiger partial charge in [0, 0.05) is 27.7 Å². The Balaban J connectivity index is 1.88. The molecule has 2 aliphatic rings. The Morgan fingerprint density at radius 1 is 0.889 bits per heavy atom. The zero-order valence-electron chi connectivity index (χ0n) is 20.9. The zero-order valence-corrected chi connectivity index (χ0v) is 20.9. The first-order valence-electron chi connectivity index (χ1n) is 12.0. The Bertz CT molecular complexity index is 929. The van der Waals surface area contributed by atoms with Gasteiger partial charge in [-0.2, -0.15) is 0 Å². The summed E-state index contributed by atoms with van der Waals surface area (Å²) < 4.78 is 34.7. The number of hydrogen-bond acceptors (Lipinski definition) is 12. The Morgan fingerprint density at radius 3 is 2.11 bits per heavy atom. The summed E-state index contributed by atoms with van der Waals surface area (Å²) >= 11 is 0. The van der Waals surface area contributed by atoms with Gasteiger partial charge < -0.3 is 28.4 Å². The molecule has 0 bridgehead atoms. The van der Waals surface area contributed by atoms with Gasteiger partial charge in [0.2, 0.25) is 0 Å². The van der Waals surface area contributed by atoms with Crippen LogP contribution in [0.3, 0.4) is 0 Å². The van der Waals surface area contributed by atoms with Crippen molar-refractivity contribution in [3.8, 4) is 0 Å². The third-order valence-corrected chi connectivity index (χ3v) is 5.80. The second-order valence-electron chi connectivity index (χ2n) is 8.85. The molecule has 0 unspecified atom stereocenters. The van der Waals surface area contributed by atoms with E-state index in [1.165, 1.54) is 25.0 Å². The van der Waals surface area contributed by atoms with Crippen LogP contribution in [0.25, 0.3) is 0 Å². The van der Waals surface area contributed by atoms with Gasteiger partial charge in [-0.1, -0.05) is 24.5 Å². The highest BCUT2D eigenvalue weighted by Crippen LogP contribution is 2.34. The molecular formula is C23H33N3O10. The number of nitrogens with zero attached hydrogens (tertiary/aromatic N) is 3. The fourth-order valence-corrected chi connectivity index (χ4v) is 4.36. The first-order valence-corrected chi connectivity index (χ1v) is 12.0. The van der Waals surface area contributed by atoms with Gasteiger partial charge in [-0.25, -0.2) is 4.68 Å². The fraction of sp³-hybridized carbons (Fsp3) is 0.739. The molecule has 2 heterocycles. The van der Waals surface area contributed by atoms with Crippen LogP contribution in [0.1, 0.15) is 71.7 Å². The summed E-state index contributed by atoms with van der Waals surface area (Å²) in [6.45, 7) is 4.63. The van der Waals surface area contributed by atoms with Gasteiger partial charge in [-0.3, -0.25) is 19.2 Å². The maximum absolute atomic E-state index is 12.0. The molecule has 2 fully saturated rings. The standard InChI is InChI=1S/C23H33N3O10/c1-13(27)31-12-19-20(33-14(2)28)21(34-15(3)29)22(35-16(4)30)23(36-19)26-10-17(24-25-26)11-32-18-8-6-5-7-9-18/h10,18-23H,5-9,11-12H2,1-4H3/t19-,20-,21+,22-,23-/m1/s1. The van der Waals surface area contributed by atoms with Crippen LogP contribution in [0, 0.1) is 0 Å². The molecule has 0 spiro atoms. The van der Waals surface area contributed by atoms with E-state index in [0.29, 0.717) is 5.69 Å². The van der Waals surface area contributed by atoms with Crippen molar-refractivity contribution in [2.45, 2.75) is 103 Å². The lowest BCUT2D eigenvalue weighted by molar-refractivity contribution is -0.270. The Labute approximate surface area is 208 Å². The smallest absolute Gasteiger partial charge is 0.303 e. The largest absolute Gasteiger partial charge is 0.463 e. The minimum absolute atomic E-state index is 0.162. The Morgan fingerprint density at radius 2 is 1.50 bits per heavy atom. The second-order valence-corrected chi connectivity index (χ2v) is 8.85. The third kappa shape index (κ3) is 7.72. The summed E-state index contributed by atoms with van der Waals surface area (Å²) in [5.74, 6) is -2.68. The van der Waals surface area contributed by atoms with Crippen LogP contribution < -0.4 is 0 Å². The lowest BCUT2D eigenvalue weighted by Crippen LogP contribution is -2.60. The first kappa shape index (κ1) is 27.5. The molecule has 0 N–H and O–H groups in total. The van der Waals surface area contributed by atoms with Crippen molar-refractivity contribution in [1.29, 1.82) is 0 Å². The van der Waals surface area contributed by atoms with E-state index in [2.05, 4.69) is 10.3 Å². The lowest BCUT2D eigenvalue weighted by atomic mass is 9.97. The summed E-state index contributed by atoms with van der Waals surface area (Å²) in [6, 6.07) is 0. The molecule has 1 aliphatic heterocycles. The van der Waals surface area contributed by atoms with Gasteiger partial charge >= 0.3 is 23.9 Å². The maximum atomic E-state index is 12.0. The molecule has 200 valence electrons. The van der Waals surface area contributed by atoms with Crippen molar-refractivity contribution in [2.75, 3.05) is 6.61 Å². The Kier molecular flexibility index (Phi) is 9.76. The van der Waals surface area contributed by atoms with Crippen LogP contribution in [0.2, 0.25) is 0 Å². The summed E-state index contributed by atoms with van der Waals surface area (Å²) in [6.07, 6.45) is 1.22. The molecule has 0 amide bonds. The van der Waals surface area contributed by atoms with Crippen molar-refractivity contribution in [1.82, 2.24) is 15.0 Å². The molecule has 13 heteroatoms. The van der Waals surface area contributed by atoms with E-state index in [-0.39, 0.29) is 19.3 Å². The fourth-order valence-electron chi connectivity index (χ4n) is 4.36. The first-order chi connectivity index (χ1) is 17.1. The van der Waals surface area contributed by atoms with Crippen LogP contribution in [-0.2, 0) is 54.2 Å². The normalized spacial score (nSPS) is 26.6. The molecule has 36 heavy (non-hydrogen) atoms. The highest BCUT2D eigenvalue weighted by atomic mass is 16.7. The molecule has 1 saturated heterocycles.